The van der Waals surface area contributed by atoms with Gasteiger partial charge in [-0.15, -0.1) is 10.2 Å². The van der Waals surface area contributed by atoms with Gasteiger partial charge in [0.25, 0.3) is 5.95 Å². The molecule has 0 saturated carbocycles. The Morgan fingerprint density at radius 2 is 2.03 bits per heavy atom. The van der Waals surface area contributed by atoms with Gasteiger partial charge in [0.2, 0.25) is 0 Å². The summed E-state index contributed by atoms with van der Waals surface area (Å²) in [6, 6.07) is 9.82. The third-order valence-electron chi connectivity index (χ3n) is 5.89. The summed E-state index contributed by atoms with van der Waals surface area (Å²) in [6.07, 6.45) is 2.84. The topological polar surface area (TPSA) is 126 Å². The van der Waals surface area contributed by atoms with E-state index in [1.165, 1.54) is 4.90 Å². The summed E-state index contributed by atoms with van der Waals surface area (Å²) in [5.41, 5.74) is 2.20. The zero-order valence-electron chi connectivity index (χ0n) is 20.4. The SMILES string of the molecule is CCCCn1c(N=Nc2ccc(N3CC(C)CC3C)cc2NC(=O)N(C)C)nc(C#N)c1C#N. The van der Waals surface area contributed by atoms with Crippen molar-refractivity contribution in [3.63, 3.8) is 0 Å². The van der Waals surface area contributed by atoms with E-state index in [4.69, 9.17) is 0 Å². The van der Waals surface area contributed by atoms with Gasteiger partial charge in [-0.1, -0.05) is 20.3 Å². The molecule has 2 heterocycles. The van der Waals surface area contributed by atoms with Crippen LogP contribution in [-0.2, 0) is 6.54 Å². The number of amides is 2. The van der Waals surface area contributed by atoms with Gasteiger partial charge in [0.05, 0.1) is 5.69 Å². The second-order valence-corrected chi connectivity index (χ2v) is 8.91. The number of aromatic nitrogens is 2. The summed E-state index contributed by atoms with van der Waals surface area (Å²) >= 11 is 0. The number of benzene rings is 1. The second-order valence-electron chi connectivity index (χ2n) is 8.91. The van der Waals surface area contributed by atoms with Gasteiger partial charge in [-0.2, -0.15) is 15.5 Å². The maximum absolute atomic E-state index is 12.4. The van der Waals surface area contributed by atoms with Gasteiger partial charge in [-0.25, -0.2) is 4.79 Å². The third-order valence-corrected chi connectivity index (χ3v) is 5.89. The van der Waals surface area contributed by atoms with Crippen LogP contribution in [0.2, 0.25) is 0 Å². The highest BCUT2D eigenvalue weighted by molar-refractivity contribution is 5.93. The summed E-state index contributed by atoms with van der Waals surface area (Å²) in [4.78, 5) is 20.4. The molecule has 34 heavy (non-hydrogen) atoms. The number of carbonyl (C=O) groups is 1. The Labute approximate surface area is 200 Å². The summed E-state index contributed by atoms with van der Waals surface area (Å²) in [5.74, 6) is 0.789. The van der Waals surface area contributed by atoms with Crippen molar-refractivity contribution in [3.05, 3.63) is 29.6 Å². The Bertz CT molecular complexity index is 1150. The first-order chi connectivity index (χ1) is 16.3. The fraction of sp³-hybridized carbons (Fsp3) is 0.500. The number of hydrogen-bond donors (Lipinski definition) is 1. The molecule has 3 rings (SSSR count). The van der Waals surface area contributed by atoms with Crippen molar-refractivity contribution in [2.45, 2.75) is 52.6 Å². The molecule has 2 aromatic rings. The van der Waals surface area contributed by atoms with E-state index in [9.17, 15) is 15.3 Å². The summed E-state index contributed by atoms with van der Waals surface area (Å²) in [7, 11) is 3.34. The first-order valence-corrected chi connectivity index (χ1v) is 11.5. The Kier molecular flexibility index (Phi) is 7.85. The lowest BCUT2D eigenvalue weighted by atomic mass is 10.1. The largest absolute Gasteiger partial charge is 0.368 e. The van der Waals surface area contributed by atoms with Gasteiger partial charge in [0, 0.05) is 38.9 Å². The predicted molar refractivity (Wildman–Crippen MR) is 130 cm³/mol. The lowest BCUT2D eigenvalue weighted by molar-refractivity contribution is 0.230. The maximum atomic E-state index is 12.4. The molecular weight excluding hydrogens is 430 g/mol. The average molecular weight is 462 g/mol. The van der Waals surface area contributed by atoms with E-state index in [0.717, 1.165) is 31.5 Å². The summed E-state index contributed by atoms with van der Waals surface area (Å²) in [6.45, 7) is 7.94. The average Bonchev–Trinajstić information content (AvgIpc) is 3.34. The zero-order valence-corrected chi connectivity index (χ0v) is 20.4. The Hall–Kier alpha value is -3.92. The van der Waals surface area contributed by atoms with Crippen LogP contribution >= 0.6 is 0 Å². The van der Waals surface area contributed by atoms with E-state index in [-0.39, 0.29) is 23.4 Å². The minimum Gasteiger partial charge on any atom is -0.368 e. The molecule has 178 valence electrons. The van der Waals surface area contributed by atoms with E-state index < -0.39 is 0 Å². The zero-order chi connectivity index (χ0) is 24.8. The van der Waals surface area contributed by atoms with Crippen molar-refractivity contribution >= 4 is 29.0 Å². The maximum Gasteiger partial charge on any atom is 0.321 e. The number of carbonyl (C=O) groups excluding carboxylic acids is 1. The molecule has 2 amide bonds. The minimum atomic E-state index is -0.278. The van der Waals surface area contributed by atoms with Crippen molar-refractivity contribution < 1.29 is 4.79 Å². The molecule has 1 N–H and O–H groups in total. The van der Waals surface area contributed by atoms with E-state index in [0.29, 0.717) is 29.9 Å². The number of nitrogens with zero attached hydrogens (tertiary/aromatic N) is 8. The lowest BCUT2D eigenvalue weighted by Gasteiger charge is -2.25. The number of imidazole rings is 1. The molecule has 0 aliphatic carbocycles. The highest BCUT2D eigenvalue weighted by atomic mass is 16.2. The van der Waals surface area contributed by atoms with E-state index in [1.807, 2.05) is 37.3 Å². The fourth-order valence-electron chi connectivity index (χ4n) is 4.11. The molecule has 0 radical (unpaired) electrons. The van der Waals surface area contributed by atoms with Crippen LogP contribution in [0.15, 0.2) is 28.4 Å². The second kappa shape index (κ2) is 10.8. The molecule has 1 aromatic carbocycles. The molecule has 1 fully saturated rings. The number of hydrogen-bond acceptors (Lipinski definition) is 7. The van der Waals surface area contributed by atoms with Crippen LogP contribution in [0.3, 0.4) is 0 Å². The van der Waals surface area contributed by atoms with Crippen molar-refractivity contribution in [2.75, 3.05) is 30.9 Å². The first kappa shape index (κ1) is 24.7. The van der Waals surface area contributed by atoms with Crippen LogP contribution in [0.25, 0.3) is 0 Å². The molecule has 0 bridgehead atoms. The molecule has 10 nitrogen and oxygen atoms in total. The Morgan fingerprint density at radius 3 is 2.62 bits per heavy atom. The van der Waals surface area contributed by atoms with Gasteiger partial charge in [0.1, 0.15) is 17.8 Å². The van der Waals surface area contributed by atoms with Gasteiger partial charge in [-0.3, -0.25) is 4.57 Å². The van der Waals surface area contributed by atoms with Crippen LogP contribution in [-0.4, -0.2) is 47.2 Å². The molecule has 0 spiro atoms. The number of urea groups is 1. The molecule has 1 aliphatic rings. The van der Waals surface area contributed by atoms with Gasteiger partial charge < -0.3 is 15.1 Å². The molecule has 1 aromatic heterocycles. The van der Waals surface area contributed by atoms with E-state index in [2.05, 4.69) is 39.3 Å². The predicted octanol–water partition coefficient (Wildman–Crippen LogP) is 5.17. The molecule has 1 saturated heterocycles. The molecule has 2 unspecified atom stereocenters. The molecular formula is C24H31N9O. The molecule has 2 atom stereocenters. The van der Waals surface area contributed by atoms with Crippen molar-refractivity contribution in [3.8, 4) is 12.1 Å². The quantitative estimate of drug-likeness (QED) is 0.569. The number of anilines is 2. The number of unbranched alkanes of at least 4 members (excludes halogenated alkanes) is 1. The smallest absolute Gasteiger partial charge is 0.321 e. The number of rotatable bonds is 7. The first-order valence-electron chi connectivity index (χ1n) is 11.5. The third kappa shape index (κ3) is 5.34. The van der Waals surface area contributed by atoms with Gasteiger partial charge >= 0.3 is 6.03 Å². The normalized spacial score (nSPS) is 17.6. The van der Waals surface area contributed by atoms with Gasteiger partial charge in [0.15, 0.2) is 11.4 Å². The van der Waals surface area contributed by atoms with Crippen molar-refractivity contribution in [1.29, 1.82) is 10.5 Å². The summed E-state index contributed by atoms with van der Waals surface area (Å²) in [5, 5.41) is 30.4. The molecule has 1 aliphatic heterocycles. The van der Waals surface area contributed by atoms with Crippen LogP contribution in [0, 0.1) is 28.6 Å². The van der Waals surface area contributed by atoms with E-state index >= 15 is 0 Å². The highest BCUT2D eigenvalue weighted by Crippen LogP contribution is 2.35. The molecule has 10 heteroatoms. The van der Waals surface area contributed by atoms with E-state index in [1.54, 1.807) is 18.7 Å². The van der Waals surface area contributed by atoms with Crippen LogP contribution < -0.4 is 10.2 Å². The summed E-state index contributed by atoms with van der Waals surface area (Å²) < 4.78 is 1.62. The standard InChI is InChI=1S/C24H31N9O/c1-6-7-10-32-22(14-26)21(13-25)27-23(32)30-29-19-9-8-18(33-15-16(2)11-17(33)3)12-20(19)28-24(34)31(4)5/h8-9,12,16-17H,6-7,10-11,15H2,1-5H3,(H,28,34). The number of nitriles is 2. The van der Waals surface area contributed by atoms with Crippen LogP contribution in [0.4, 0.5) is 27.8 Å². The van der Waals surface area contributed by atoms with Crippen LogP contribution in [0.1, 0.15) is 51.4 Å². The minimum absolute atomic E-state index is 0.0289. The Morgan fingerprint density at radius 1 is 1.26 bits per heavy atom. The van der Waals surface area contributed by atoms with Crippen molar-refractivity contribution in [2.24, 2.45) is 16.1 Å². The van der Waals surface area contributed by atoms with Gasteiger partial charge in [-0.05, 0) is 43.9 Å². The van der Waals surface area contributed by atoms with Crippen molar-refractivity contribution in [1.82, 2.24) is 14.5 Å². The lowest BCUT2D eigenvalue weighted by Crippen LogP contribution is -2.28. The fourth-order valence-corrected chi connectivity index (χ4v) is 4.11. The van der Waals surface area contributed by atoms with Crippen LogP contribution in [0.5, 0.6) is 0 Å². The number of azo groups is 1. The highest BCUT2D eigenvalue weighted by Gasteiger charge is 2.27. The number of nitrogens with one attached hydrogen (secondary N) is 1. The monoisotopic (exact) mass is 461 g/mol. The Balaban J connectivity index is 2.00.